The number of hydrogen-bond acceptors (Lipinski definition) is 6. The first-order valence-corrected chi connectivity index (χ1v) is 28.7. The van der Waals surface area contributed by atoms with Crippen LogP contribution in [0, 0.1) is 11.8 Å². The fourth-order valence-electron chi connectivity index (χ4n) is 8.87. The highest BCUT2D eigenvalue weighted by atomic mass is 16.6. The van der Waals surface area contributed by atoms with Crippen LogP contribution in [0.2, 0.25) is 0 Å². The second-order valence-electron chi connectivity index (χ2n) is 20.9. The van der Waals surface area contributed by atoms with Crippen molar-refractivity contribution >= 4 is 17.9 Å². The van der Waals surface area contributed by atoms with Crippen molar-refractivity contribution in [3.8, 4) is 0 Å². The molecule has 0 aromatic rings. The number of ether oxygens (including phenoxy) is 3. The average Bonchev–Trinajstić information content (AvgIpc) is 3.27. The molecule has 0 amide bonds. The summed E-state index contributed by atoms with van der Waals surface area (Å²) in [6, 6.07) is 0. The summed E-state index contributed by atoms with van der Waals surface area (Å²) in [4.78, 5) is 38.1. The van der Waals surface area contributed by atoms with Crippen molar-refractivity contribution in [2.24, 2.45) is 11.8 Å². The van der Waals surface area contributed by atoms with Crippen LogP contribution in [-0.4, -0.2) is 37.2 Å². The molecule has 0 saturated carbocycles. The van der Waals surface area contributed by atoms with Crippen molar-refractivity contribution < 1.29 is 28.6 Å². The zero-order valence-corrected chi connectivity index (χ0v) is 43.9. The van der Waals surface area contributed by atoms with E-state index in [-0.39, 0.29) is 31.1 Å². The minimum absolute atomic E-state index is 0.0632. The van der Waals surface area contributed by atoms with Crippen LogP contribution in [0.5, 0.6) is 0 Å². The first-order valence-electron chi connectivity index (χ1n) is 28.7. The number of hydrogen-bond donors (Lipinski definition) is 0. The Morgan fingerprint density at radius 3 is 0.766 bits per heavy atom. The molecule has 0 rings (SSSR count). The van der Waals surface area contributed by atoms with E-state index in [0.29, 0.717) is 19.3 Å². The Kier molecular flexibility index (Phi) is 49.6. The van der Waals surface area contributed by atoms with Gasteiger partial charge in [0.05, 0.1) is 0 Å². The molecule has 64 heavy (non-hydrogen) atoms. The molecule has 0 aromatic carbocycles. The summed E-state index contributed by atoms with van der Waals surface area (Å²) in [5.74, 6) is 0.791. The van der Waals surface area contributed by atoms with Gasteiger partial charge in [-0.3, -0.25) is 14.4 Å². The van der Waals surface area contributed by atoms with Gasteiger partial charge in [0.1, 0.15) is 13.2 Å². The van der Waals surface area contributed by atoms with Crippen LogP contribution >= 0.6 is 0 Å². The molecule has 0 unspecified atom stereocenters. The number of unbranched alkanes of at least 4 members (excludes halogenated alkanes) is 37. The van der Waals surface area contributed by atoms with Gasteiger partial charge in [-0.15, -0.1) is 0 Å². The summed E-state index contributed by atoms with van der Waals surface area (Å²) in [5, 5.41) is 0. The Morgan fingerprint density at radius 2 is 0.516 bits per heavy atom. The predicted octanol–water partition coefficient (Wildman–Crippen LogP) is 18.9. The van der Waals surface area contributed by atoms with E-state index >= 15 is 0 Å². The van der Waals surface area contributed by atoms with E-state index in [9.17, 15) is 14.4 Å². The highest BCUT2D eigenvalue weighted by molar-refractivity contribution is 5.71. The molecule has 6 heteroatoms. The summed E-state index contributed by atoms with van der Waals surface area (Å²) in [5.41, 5.74) is 0. The molecule has 0 bridgehead atoms. The lowest BCUT2D eigenvalue weighted by Crippen LogP contribution is -2.30. The maximum Gasteiger partial charge on any atom is 0.306 e. The van der Waals surface area contributed by atoms with Gasteiger partial charge in [0.2, 0.25) is 0 Å². The number of carbonyl (C=O) groups is 3. The lowest BCUT2D eigenvalue weighted by molar-refractivity contribution is -0.167. The molecule has 380 valence electrons. The summed E-state index contributed by atoms with van der Waals surface area (Å²) in [6.07, 6.45) is 53.9. The maximum absolute atomic E-state index is 12.8. The molecule has 0 aliphatic rings. The van der Waals surface area contributed by atoms with Crippen LogP contribution in [-0.2, 0) is 28.6 Å². The molecule has 0 saturated heterocycles. The quantitative estimate of drug-likeness (QED) is 0.0344. The zero-order valence-electron chi connectivity index (χ0n) is 43.9. The van der Waals surface area contributed by atoms with Gasteiger partial charge in [0.25, 0.3) is 0 Å². The lowest BCUT2D eigenvalue weighted by Gasteiger charge is -2.18. The SMILES string of the molecule is CCCCCCCCCCCCCCCCCCCCCC(=O)OC[C@@H](COC(=O)CCCCCCCCCCC(C)C)OC(=O)CCCCCCCCCCCCCCCC(C)C. The summed E-state index contributed by atoms with van der Waals surface area (Å²) in [6.45, 7) is 11.4. The molecule has 0 aromatic heterocycles. The standard InChI is InChI=1S/C58H112O6/c1-6-7-8-9-10-11-12-13-14-15-16-17-18-21-24-27-33-38-43-48-56(59)62-51-55(52-63-57(60)49-44-39-34-30-29-32-37-42-47-54(4)5)64-58(61)50-45-40-35-28-25-22-19-20-23-26-31-36-41-46-53(2)3/h53-55H,6-52H2,1-5H3/t55-/m0/s1. The Balaban J connectivity index is 4.25. The van der Waals surface area contributed by atoms with Gasteiger partial charge in [0.15, 0.2) is 6.10 Å². The van der Waals surface area contributed by atoms with Crippen LogP contribution in [0.3, 0.4) is 0 Å². The molecule has 0 aliphatic heterocycles. The fraction of sp³-hybridized carbons (Fsp3) is 0.948. The molecular formula is C58H112O6. The molecule has 0 radical (unpaired) electrons. The first-order chi connectivity index (χ1) is 31.2. The normalized spacial score (nSPS) is 12.0. The van der Waals surface area contributed by atoms with E-state index in [4.69, 9.17) is 14.2 Å². The molecule has 0 N–H and O–H groups in total. The Morgan fingerprint density at radius 1 is 0.297 bits per heavy atom. The van der Waals surface area contributed by atoms with Crippen LogP contribution in [0.15, 0.2) is 0 Å². The second kappa shape index (κ2) is 50.8. The third kappa shape index (κ3) is 51.4. The van der Waals surface area contributed by atoms with Crippen molar-refractivity contribution in [2.75, 3.05) is 13.2 Å². The predicted molar refractivity (Wildman–Crippen MR) is 275 cm³/mol. The second-order valence-corrected chi connectivity index (χ2v) is 20.9. The average molecular weight is 906 g/mol. The molecule has 0 spiro atoms. The van der Waals surface area contributed by atoms with E-state index in [1.165, 1.54) is 212 Å². The molecule has 0 aliphatic carbocycles. The Labute approximate surface area is 399 Å². The lowest BCUT2D eigenvalue weighted by atomic mass is 10.0. The van der Waals surface area contributed by atoms with E-state index in [1.54, 1.807) is 0 Å². The highest BCUT2D eigenvalue weighted by Crippen LogP contribution is 2.18. The number of esters is 3. The number of carbonyl (C=O) groups excluding carboxylic acids is 3. The van der Waals surface area contributed by atoms with Crippen molar-refractivity contribution in [1.82, 2.24) is 0 Å². The van der Waals surface area contributed by atoms with Crippen LogP contribution in [0.1, 0.15) is 324 Å². The molecule has 0 fully saturated rings. The van der Waals surface area contributed by atoms with Crippen LogP contribution in [0.4, 0.5) is 0 Å². The monoisotopic (exact) mass is 905 g/mol. The van der Waals surface area contributed by atoms with Gasteiger partial charge in [-0.1, -0.05) is 285 Å². The summed E-state index contributed by atoms with van der Waals surface area (Å²) >= 11 is 0. The van der Waals surface area contributed by atoms with Crippen molar-refractivity contribution in [3.63, 3.8) is 0 Å². The van der Waals surface area contributed by atoms with Gasteiger partial charge in [0, 0.05) is 19.3 Å². The molecular weight excluding hydrogens is 793 g/mol. The highest BCUT2D eigenvalue weighted by Gasteiger charge is 2.19. The molecule has 1 atom stereocenters. The van der Waals surface area contributed by atoms with Gasteiger partial charge >= 0.3 is 17.9 Å². The van der Waals surface area contributed by atoms with E-state index in [1.807, 2.05) is 0 Å². The largest absolute Gasteiger partial charge is 0.462 e. The smallest absolute Gasteiger partial charge is 0.306 e. The van der Waals surface area contributed by atoms with Crippen molar-refractivity contribution in [2.45, 2.75) is 330 Å². The van der Waals surface area contributed by atoms with E-state index < -0.39 is 6.10 Å². The topological polar surface area (TPSA) is 78.9 Å². The van der Waals surface area contributed by atoms with Gasteiger partial charge < -0.3 is 14.2 Å². The third-order valence-electron chi connectivity index (χ3n) is 13.2. The van der Waals surface area contributed by atoms with Crippen LogP contribution < -0.4 is 0 Å². The number of rotatable bonds is 52. The van der Waals surface area contributed by atoms with E-state index in [2.05, 4.69) is 34.6 Å². The Bertz CT molecular complexity index is 978. The summed E-state index contributed by atoms with van der Waals surface area (Å²) < 4.78 is 16.9. The van der Waals surface area contributed by atoms with Crippen molar-refractivity contribution in [1.29, 1.82) is 0 Å². The third-order valence-corrected chi connectivity index (χ3v) is 13.2. The fourth-order valence-corrected chi connectivity index (χ4v) is 8.87. The van der Waals surface area contributed by atoms with E-state index in [0.717, 1.165) is 69.6 Å². The molecule has 0 heterocycles. The Hall–Kier alpha value is -1.59. The summed E-state index contributed by atoms with van der Waals surface area (Å²) in [7, 11) is 0. The van der Waals surface area contributed by atoms with Gasteiger partial charge in [-0.25, -0.2) is 0 Å². The maximum atomic E-state index is 12.8. The minimum Gasteiger partial charge on any atom is -0.462 e. The first kappa shape index (κ1) is 62.4. The van der Waals surface area contributed by atoms with Gasteiger partial charge in [-0.05, 0) is 31.1 Å². The minimum atomic E-state index is -0.763. The van der Waals surface area contributed by atoms with Crippen LogP contribution in [0.25, 0.3) is 0 Å². The zero-order chi connectivity index (χ0) is 46.8. The molecule has 6 nitrogen and oxygen atoms in total. The van der Waals surface area contributed by atoms with Gasteiger partial charge in [-0.2, -0.15) is 0 Å². The van der Waals surface area contributed by atoms with Crippen molar-refractivity contribution in [3.05, 3.63) is 0 Å².